The largest absolute Gasteiger partial charge is 2.00 e. The van der Waals surface area contributed by atoms with Crippen molar-refractivity contribution < 1.29 is 30.6 Å². The number of carbonyl (C=O) groups excluding carboxylic acids is 1. The third-order valence-corrected chi connectivity index (χ3v) is 0.204. The minimum absolute atomic E-state index is 0. The van der Waals surface area contributed by atoms with Gasteiger partial charge in [0.15, 0.2) is 0 Å². The zero-order valence-corrected chi connectivity index (χ0v) is 7.86. The Morgan fingerprint density at radius 2 is 1.88 bits per heavy atom. The SMILES string of the molecule is [CH2-]C=O.[CH2-]OCC.[W+2]. The van der Waals surface area contributed by atoms with Gasteiger partial charge in [-0.15, -0.1) is 0 Å². The monoisotopic (exact) mass is 286 g/mol. The summed E-state index contributed by atoms with van der Waals surface area (Å²) in [6, 6.07) is 0. The Morgan fingerprint density at radius 1 is 1.75 bits per heavy atom. The van der Waals surface area contributed by atoms with Gasteiger partial charge in [-0.3, -0.25) is 0 Å². The molecule has 0 bridgehead atoms. The molecule has 2 nitrogen and oxygen atoms in total. The Balaban J connectivity index is -0.0000000575. The summed E-state index contributed by atoms with van der Waals surface area (Å²) in [5.74, 6) is 0. The molecule has 0 aromatic carbocycles. The molecule has 0 rings (SSSR count). The van der Waals surface area contributed by atoms with Crippen LogP contribution in [0.15, 0.2) is 0 Å². The van der Waals surface area contributed by atoms with Gasteiger partial charge < -0.3 is 16.5 Å². The third-order valence-electron chi connectivity index (χ3n) is 0.204. The first-order chi connectivity index (χ1) is 3.33. The van der Waals surface area contributed by atoms with Gasteiger partial charge in [0.2, 0.25) is 0 Å². The molecule has 48 valence electrons. The van der Waals surface area contributed by atoms with Crippen LogP contribution in [0, 0.1) is 14.0 Å². The van der Waals surface area contributed by atoms with Crippen molar-refractivity contribution in [2.75, 3.05) is 6.61 Å². The summed E-state index contributed by atoms with van der Waals surface area (Å²) in [7, 11) is 3.10. The molecule has 3 heteroatoms. The van der Waals surface area contributed by atoms with Gasteiger partial charge in [-0.25, -0.2) is 7.11 Å². The first-order valence-corrected chi connectivity index (χ1v) is 1.93. The summed E-state index contributed by atoms with van der Waals surface area (Å²) in [4.78, 5) is 8.69. The second-order valence-corrected chi connectivity index (χ2v) is 0.659. The van der Waals surface area contributed by atoms with E-state index in [9.17, 15) is 0 Å². The third kappa shape index (κ3) is 118. The predicted octanol–water partition coefficient (Wildman–Crippen LogP) is 0.831. The van der Waals surface area contributed by atoms with Gasteiger partial charge in [0.1, 0.15) is 0 Å². The van der Waals surface area contributed by atoms with Crippen LogP contribution in [0.1, 0.15) is 6.92 Å². The molecule has 0 amide bonds. The van der Waals surface area contributed by atoms with E-state index in [1.165, 1.54) is 0 Å². The topological polar surface area (TPSA) is 26.3 Å². The zero-order valence-electron chi connectivity index (χ0n) is 4.92. The average molecular weight is 286 g/mol. The molecule has 0 radical (unpaired) electrons. The maximum atomic E-state index is 8.69. The van der Waals surface area contributed by atoms with Gasteiger partial charge in [0.25, 0.3) is 0 Å². The van der Waals surface area contributed by atoms with Gasteiger partial charge in [-0.05, 0) is 13.2 Å². The standard InChI is InChI=1S/C3H7O.C2H3O.W/c1-3-4-2;1-2-3;/h2-3H2,1H3;2H,1H2;/q2*-1;+2. The Labute approximate surface area is 64.9 Å². The molecule has 0 saturated heterocycles. The van der Waals surface area contributed by atoms with Crippen LogP contribution in [0.2, 0.25) is 0 Å². The van der Waals surface area contributed by atoms with E-state index in [0.717, 1.165) is 0 Å². The van der Waals surface area contributed by atoms with Crippen molar-refractivity contribution in [2.45, 2.75) is 6.92 Å². The molecule has 0 aliphatic heterocycles. The fraction of sp³-hybridized carbons (Fsp3) is 0.400. The quantitative estimate of drug-likeness (QED) is 0.527. The van der Waals surface area contributed by atoms with Crippen molar-refractivity contribution in [1.29, 1.82) is 0 Å². The van der Waals surface area contributed by atoms with E-state index in [1.54, 1.807) is 0 Å². The van der Waals surface area contributed by atoms with Crippen molar-refractivity contribution in [2.24, 2.45) is 0 Å². The Kier molecular flexibility index (Phi) is 53.2. The van der Waals surface area contributed by atoms with E-state index in [-0.39, 0.29) is 21.1 Å². The van der Waals surface area contributed by atoms with Crippen LogP contribution >= 0.6 is 0 Å². The second kappa shape index (κ2) is 27.1. The zero-order chi connectivity index (χ0) is 6.12. The number of hydrogen-bond acceptors (Lipinski definition) is 2. The molecule has 0 atom stereocenters. The van der Waals surface area contributed by atoms with E-state index >= 15 is 0 Å². The number of carbonyl (C=O) groups is 1. The van der Waals surface area contributed by atoms with Crippen LogP contribution < -0.4 is 0 Å². The maximum absolute atomic E-state index is 8.69. The normalized spacial score (nSPS) is 5.25. The van der Waals surface area contributed by atoms with Crippen molar-refractivity contribution >= 4 is 6.29 Å². The first-order valence-electron chi connectivity index (χ1n) is 1.93. The van der Waals surface area contributed by atoms with Crippen molar-refractivity contribution in [3.05, 3.63) is 14.0 Å². The van der Waals surface area contributed by atoms with Crippen molar-refractivity contribution in [3.8, 4) is 0 Å². The first kappa shape index (κ1) is 15.7. The van der Waals surface area contributed by atoms with Crippen LogP contribution in [0.3, 0.4) is 0 Å². The summed E-state index contributed by atoms with van der Waals surface area (Å²) in [5.41, 5.74) is 0. The molecule has 0 aliphatic carbocycles. The molecule has 0 aromatic heterocycles. The molecule has 0 saturated carbocycles. The predicted molar refractivity (Wildman–Crippen MR) is 28.4 cm³/mol. The van der Waals surface area contributed by atoms with E-state index in [4.69, 9.17) is 4.79 Å². The number of hydrogen-bond donors (Lipinski definition) is 0. The summed E-state index contributed by atoms with van der Waals surface area (Å²) in [6.45, 7) is 5.41. The van der Waals surface area contributed by atoms with Gasteiger partial charge in [-0.2, -0.15) is 0 Å². The Hall–Kier alpha value is 0.188. The smallest absolute Gasteiger partial charge is 0.555 e. The molecule has 0 N–H and O–H groups in total. The second-order valence-electron chi connectivity index (χ2n) is 0.659. The molecular formula is C5H10O2W. The van der Waals surface area contributed by atoms with E-state index in [1.807, 2.05) is 6.92 Å². The molecule has 0 aliphatic rings. The minimum atomic E-state index is 0. The number of aldehydes is 1. The summed E-state index contributed by atoms with van der Waals surface area (Å²) in [5, 5.41) is 0. The summed E-state index contributed by atoms with van der Waals surface area (Å²) in [6.07, 6.45) is 0.500. The molecule has 0 fully saturated rings. The van der Waals surface area contributed by atoms with Crippen molar-refractivity contribution in [1.82, 2.24) is 0 Å². The molecular weight excluding hydrogens is 276 g/mol. The molecule has 0 spiro atoms. The van der Waals surface area contributed by atoms with Crippen molar-refractivity contribution in [3.63, 3.8) is 0 Å². The Morgan fingerprint density at radius 3 is 1.88 bits per heavy atom. The van der Waals surface area contributed by atoms with Crippen LogP contribution in [-0.4, -0.2) is 12.9 Å². The van der Waals surface area contributed by atoms with E-state index < -0.39 is 0 Å². The maximum Gasteiger partial charge on any atom is 2.00 e. The van der Waals surface area contributed by atoms with Gasteiger partial charge in [-0.1, -0.05) is 0 Å². The van der Waals surface area contributed by atoms with Crippen LogP contribution in [0.5, 0.6) is 0 Å². The number of ether oxygens (including phenoxy) is 1. The van der Waals surface area contributed by atoms with Gasteiger partial charge in [0, 0.05) is 6.61 Å². The van der Waals surface area contributed by atoms with Crippen LogP contribution in [0.25, 0.3) is 0 Å². The van der Waals surface area contributed by atoms with Gasteiger partial charge in [0.05, 0.1) is 0 Å². The summed E-state index contributed by atoms with van der Waals surface area (Å²) >= 11 is 0. The fourth-order valence-corrected chi connectivity index (χ4v) is 0. The van der Waals surface area contributed by atoms with E-state index in [0.29, 0.717) is 12.9 Å². The molecule has 0 unspecified atom stereocenters. The molecule has 8 heavy (non-hydrogen) atoms. The molecule has 0 aromatic rings. The fourth-order valence-electron chi connectivity index (χ4n) is 0. The van der Waals surface area contributed by atoms with Crippen LogP contribution in [-0.2, 0) is 30.6 Å². The molecule has 0 heterocycles. The van der Waals surface area contributed by atoms with Crippen LogP contribution in [0.4, 0.5) is 0 Å². The number of rotatable bonds is 1. The van der Waals surface area contributed by atoms with Gasteiger partial charge >= 0.3 is 21.1 Å². The summed E-state index contributed by atoms with van der Waals surface area (Å²) < 4.78 is 4.29. The van der Waals surface area contributed by atoms with E-state index in [2.05, 4.69) is 18.8 Å². The average Bonchev–Trinajstić information content (AvgIpc) is 1.69. The minimum Gasteiger partial charge on any atom is -0.555 e. The Bertz CT molecular complexity index is 29.6.